The minimum Gasteiger partial charge on any atom is -0.459 e. The van der Waals surface area contributed by atoms with E-state index in [0.29, 0.717) is 24.2 Å². The summed E-state index contributed by atoms with van der Waals surface area (Å²) < 4.78 is 11.9. The predicted molar refractivity (Wildman–Crippen MR) is 111 cm³/mol. The van der Waals surface area contributed by atoms with E-state index >= 15 is 0 Å². The van der Waals surface area contributed by atoms with Crippen molar-refractivity contribution in [2.24, 2.45) is 11.8 Å². The highest BCUT2D eigenvalue weighted by atomic mass is 16.7. The summed E-state index contributed by atoms with van der Waals surface area (Å²) in [6.07, 6.45) is 5.96. The predicted octanol–water partition coefficient (Wildman–Crippen LogP) is 4.38. The van der Waals surface area contributed by atoms with Gasteiger partial charge in [-0.25, -0.2) is 0 Å². The number of aliphatic hydroxyl groups is 1. The normalized spacial score (nSPS) is 21.6. The standard InChI is InChI=1S/C24H27NO4/c26-15-17-9-11-18(12-10-17)16-28-23-14-20(19-5-4-6-19)13-22(29-23)24(27)25-21-7-2-1-3-8-21/h1-3,7-13,19-20,23,26H,4-6,14-16H2,(H,25,27)/t20-,23+/m1/s1. The number of para-hydroxylation sites is 1. The number of hydrogen-bond acceptors (Lipinski definition) is 4. The van der Waals surface area contributed by atoms with Crippen LogP contribution in [0.25, 0.3) is 0 Å². The van der Waals surface area contributed by atoms with Crippen molar-refractivity contribution in [2.75, 3.05) is 5.32 Å². The van der Waals surface area contributed by atoms with Crippen LogP contribution in [0.15, 0.2) is 66.4 Å². The van der Waals surface area contributed by atoms with Gasteiger partial charge in [0.25, 0.3) is 5.91 Å². The molecule has 5 nitrogen and oxygen atoms in total. The molecule has 1 aliphatic heterocycles. The smallest absolute Gasteiger partial charge is 0.290 e. The molecule has 5 heteroatoms. The maximum atomic E-state index is 12.7. The van der Waals surface area contributed by atoms with Crippen LogP contribution in [0, 0.1) is 11.8 Å². The van der Waals surface area contributed by atoms with Crippen LogP contribution in [0.4, 0.5) is 5.69 Å². The van der Waals surface area contributed by atoms with E-state index in [2.05, 4.69) is 5.32 Å². The van der Waals surface area contributed by atoms with E-state index in [1.807, 2.05) is 60.7 Å². The van der Waals surface area contributed by atoms with Crippen molar-refractivity contribution in [1.29, 1.82) is 0 Å². The molecule has 0 unspecified atom stereocenters. The van der Waals surface area contributed by atoms with Crippen molar-refractivity contribution in [2.45, 2.75) is 45.2 Å². The second kappa shape index (κ2) is 9.25. The lowest BCUT2D eigenvalue weighted by Crippen LogP contribution is -2.34. The highest BCUT2D eigenvalue weighted by Gasteiger charge is 2.34. The monoisotopic (exact) mass is 393 g/mol. The quantitative estimate of drug-likeness (QED) is 0.733. The van der Waals surface area contributed by atoms with Gasteiger partial charge in [-0.2, -0.15) is 0 Å². The molecule has 1 saturated carbocycles. The summed E-state index contributed by atoms with van der Waals surface area (Å²) in [4.78, 5) is 12.7. The van der Waals surface area contributed by atoms with E-state index in [9.17, 15) is 4.79 Å². The number of aliphatic hydroxyl groups excluding tert-OH is 1. The lowest BCUT2D eigenvalue weighted by Gasteiger charge is -2.37. The molecule has 2 aliphatic rings. The Morgan fingerprint density at radius 3 is 2.45 bits per heavy atom. The third-order valence-electron chi connectivity index (χ3n) is 5.74. The van der Waals surface area contributed by atoms with Crippen LogP contribution in [0.3, 0.4) is 0 Å². The number of anilines is 1. The van der Waals surface area contributed by atoms with Gasteiger partial charge in [0.15, 0.2) is 5.76 Å². The van der Waals surface area contributed by atoms with Crippen LogP contribution in [0.1, 0.15) is 36.8 Å². The van der Waals surface area contributed by atoms with Gasteiger partial charge in [0.1, 0.15) is 0 Å². The molecule has 152 valence electrons. The molecule has 2 aromatic rings. The number of rotatable bonds is 7. The second-order valence-corrected chi connectivity index (χ2v) is 7.77. The molecule has 1 aliphatic carbocycles. The SMILES string of the molecule is O=C(Nc1ccccc1)C1=C[C@@H](C2CCC2)C[C@@H](OCc2ccc(CO)cc2)O1. The van der Waals surface area contributed by atoms with Gasteiger partial charge in [-0.1, -0.05) is 48.9 Å². The summed E-state index contributed by atoms with van der Waals surface area (Å²) in [6, 6.07) is 17.0. The van der Waals surface area contributed by atoms with E-state index in [1.54, 1.807) is 0 Å². The van der Waals surface area contributed by atoms with Gasteiger partial charge < -0.3 is 19.9 Å². The summed E-state index contributed by atoms with van der Waals surface area (Å²) in [5.41, 5.74) is 2.63. The first-order valence-corrected chi connectivity index (χ1v) is 10.3. The van der Waals surface area contributed by atoms with Gasteiger partial charge in [-0.3, -0.25) is 4.79 Å². The number of allylic oxidation sites excluding steroid dienone is 1. The molecule has 0 bridgehead atoms. The fourth-order valence-electron chi connectivity index (χ4n) is 3.79. The zero-order valence-corrected chi connectivity index (χ0v) is 16.4. The molecule has 2 atom stereocenters. The maximum Gasteiger partial charge on any atom is 0.290 e. The Morgan fingerprint density at radius 2 is 1.79 bits per heavy atom. The Kier molecular flexibility index (Phi) is 6.27. The van der Waals surface area contributed by atoms with E-state index in [-0.39, 0.29) is 12.5 Å². The zero-order valence-electron chi connectivity index (χ0n) is 16.4. The number of carbonyl (C=O) groups excluding carboxylic acids is 1. The molecule has 1 heterocycles. The minimum atomic E-state index is -0.445. The van der Waals surface area contributed by atoms with Gasteiger partial charge in [0.2, 0.25) is 6.29 Å². The molecule has 1 amide bonds. The van der Waals surface area contributed by atoms with Gasteiger partial charge in [-0.05, 0) is 54.0 Å². The molecule has 1 fully saturated rings. The van der Waals surface area contributed by atoms with Crippen molar-refractivity contribution >= 4 is 11.6 Å². The third kappa shape index (κ3) is 5.05. The van der Waals surface area contributed by atoms with Gasteiger partial charge in [0, 0.05) is 12.1 Å². The largest absolute Gasteiger partial charge is 0.459 e. The first-order chi connectivity index (χ1) is 14.2. The van der Waals surface area contributed by atoms with Crippen molar-refractivity contribution in [3.8, 4) is 0 Å². The maximum absolute atomic E-state index is 12.7. The van der Waals surface area contributed by atoms with Crippen molar-refractivity contribution in [3.05, 3.63) is 77.6 Å². The summed E-state index contributed by atoms with van der Waals surface area (Å²) in [5.74, 6) is 1.02. The first kappa shape index (κ1) is 19.7. The van der Waals surface area contributed by atoms with Crippen LogP contribution < -0.4 is 5.32 Å². The molecule has 0 radical (unpaired) electrons. The number of carbonyl (C=O) groups is 1. The van der Waals surface area contributed by atoms with Crippen LogP contribution in [0.2, 0.25) is 0 Å². The van der Waals surface area contributed by atoms with E-state index in [1.165, 1.54) is 19.3 Å². The third-order valence-corrected chi connectivity index (χ3v) is 5.74. The van der Waals surface area contributed by atoms with Gasteiger partial charge in [0.05, 0.1) is 13.2 Å². The zero-order chi connectivity index (χ0) is 20.1. The molecule has 0 aromatic heterocycles. The Bertz CT molecular complexity index is 843. The van der Waals surface area contributed by atoms with E-state index in [4.69, 9.17) is 14.6 Å². The fourth-order valence-corrected chi connectivity index (χ4v) is 3.79. The van der Waals surface area contributed by atoms with Gasteiger partial charge in [-0.15, -0.1) is 0 Å². The highest BCUT2D eigenvalue weighted by molar-refractivity contribution is 6.02. The average molecular weight is 393 g/mol. The summed E-state index contributed by atoms with van der Waals surface area (Å²) in [5, 5.41) is 12.1. The van der Waals surface area contributed by atoms with Crippen LogP contribution in [-0.2, 0) is 27.5 Å². The number of nitrogens with one attached hydrogen (secondary N) is 1. The lowest BCUT2D eigenvalue weighted by molar-refractivity contribution is -0.154. The van der Waals surface area contributed by atoms with Crippen molar-refractivity contribution in [3.63, 3.8) is 0 Å². The number of ether oxygens (including phenoxy) is 2. The number of hydrogen-bond donors (Lipinski definition) is 2. The highest BCUT2D eigenvalue weighted by Crippen LogP contribution is 2.40. The van der Waals surface area contributed by atoms with E-state index in [0.717, 1.165) is 23.2 Å². The Labute approximate surface area is 171 Å². The first-order valence-electron chi connectivity index (χ1n) is 10.3. The topological polar surface area (TPSA) is 67.8 Å². The Hall–Kier alpha value is -2.63. The fraction of sp³-hybridized carbons (Fsp3) is 0.375. The Balaban J connectivity index is 1.41. The lowest BCUT2D eigenvalue weighted by atomic mass is 9.73. The summed E-state index contributed by atoms with van der Waals surface area (Å²) >= 11 is 0. The average Bonchev–Trinajstić information content (AvgIpc) is 2.72. The molecular formula is C24H27NO4. The summed E-state index contributed by atoms with van der Waals surface area (Å²) in [6.45, 7) is 0.433. The molecule has 2 N–H and O–H groups in total. The Morgan fingerprint density at radius 1 is 1.07 bits per heavy atom. The van der Waals surface area contributed by atoms with Crippen LogP contribution in [0.5, 0.6) is 0 Å². The van der Waals surface area contributed by atoms with Crippen LogP contribution in [-0.4, -0.2) is 17.3 Å². The molecule has 2 aromatic carbocycles. The van der Waals surface area contributed by atoms with E-state index < -0.39 is 6.29 Å². The number of amides is 1. The molecule has 4 rings (SSSR count). The molecule has 29 heavy (non-hydrogen) atoms. The van der Waals surface area contributed by atoms with Crippen LogP contribution >= 0.6 is 0 Å². The van der Waals surface area contributed by atoms with Crippen molar-refractivity contribution < 1.29 is 19.4 Å². The van der Waals surface area contributed by atoms with Gasteiger partial charge >= 0.3 is 0 Å². The second-order valence-electron chi connectivity index (χ2n) is 7.77. The van der Waals surface area contributed by atoms with Crippen molar-refractivity contribution in [1.82, 2.24) is 0 Å². The molecule has 0 spiro atoms. The number of benzene rings is 2. The molecular weight excluding hydrogens is 366 g/mol. The minimum absolute atomic E-state index is 0.0284. The molecule has 0 saturated heterocycles. The summed E-state index contributed by atoms with van der Waals surface area (Å²) in [7, 11) is 0.